The van der Waals surface area contributed by atoms with Crippen LogP contribution in [-0.2, 0) is 27.9 Å². The fourth-order valence-electron chi connectivity index (χ4n) is 6.72. The smallest absolute Gasteiger partial charge is 0.457 e. The van der Waals surface area contributed by atoms with E-state index in [1.54, 1.807) is 0 Å². The second-order valence-electron chi connectivity index (χ2n) is 16.3. The Morgan fingerprint density at radius 1 is 0.508 bits per heavy atom. The number of allylic oxidation sites excluding steroid dienone is 12. The number of carbonyl (C=O) groups excluding carboxylic acids is 1. The average molecular weight is 876 g/mol. The Morgan fingerprint density at radius 2 is 0.918 bits per heavy atom. The Hall–Kier alpha value is -2.06. The van der Waals surface area contributed by atoms with Gasteiger partial charge >= 0.3 is 13.8 Å². The summed E-state index contributed by atoms with van der Waals surface area (Å²) in [6.45, 7) is 4.79. The fraction of sp³-hybridized carbons (Fsp3) is 0.750. The predicted molar refractivity (Wildman–Crippen MR) is 261 cm³/mol. The normalized spacial score (nSPS) is 14.0. The van der Waals surface area contributed by atoms with Gasteiger partial charge in [-0.25, -0.2) is 4.57 Å². The highest BCUT2D eigenvalue weighted by molar-refractivity contribution is 7.47. The summed E-state index contributed by atoms with van der Waals surface area (Å²) in [5.41, 5.74) is 5.39. The first-order valence-electron chi connectivity index (χ1n) is 24.9. The van der Waals surface area contributed by atoms with Gasteiger partial charge in [-0.1, -0.05) is 196 Å². The third kappa shape index (κ3) is 48.8. The molecule has 9 heteroatoms. The van der Waals surface area contributed by atoms with Crippen molar-refractivity contribution in [3.8, 4) is 0 Å². The van der Waals surface area contributed by atoms with Crippen LogP contribution in [-0.4, -0.2) is 49.9 Å². The molecule has 0 aromatic rings. The van der Waals surface area contributed by atoms with Gasteiger partial charge in [0, 0.05) is 19.6 Å². The van der Waals surface area contributed by atoms with E-state index >= 15 is 0 Å². The molecule has 0 aromatic carbocycles. The summed E-state index contributed by atoms with van der Waals surface area (Å²) in [5.74, 6) is -0.343. The summed E-state index contributed by atoms with van der Waals surface area (Å²) in [7, 11) is -4.29. The monoisotopic (exact) mass is 876 g/mol. The molecular weight excluding hydrogens is 782 g/mol. The number of esters is 1. The summed E-state index contributed by atoms with van der Waals surface area (Å²) in [5, 5.41) is 0. The number of hydrogen-bond donors (Lipinski definition) is 2. The highest BCUT2D eigenvalue weighted by Gasteiger charge is 2.25. The van der Waals surface area contributed by atoms with Crippen LogP contribution in [0.25, 0.3) is 0 Å². The van der Waals surface area contributed by atoms with Gasteiger partial charge in [0.1, 0.15) is 6.10 Å². The molecular formula is C52H94NO7P. The fourth-order valence-corrected chi connectivity index (χ4v) is 7.49. The van der Waals surface area contributed by atoms with Gasteiger partial charge in [-0.05, 0) is 83.5 Å². The second kappa shape index (κ2) is 49.0. The second-order valence-corrected chi connectivity index (χ2v) is 17.7. The number of phosphoric ester groups is 1. The molecule has 61 heavy (non-hydrogen) atoms. The minimum Gasteiger partial charge on any atom is -0.457 e. The van der Waals surface area contributed by atoms with Crippen molar-refractivity contribution in [2.24, 2.45) is 5.73 Å². The van der Waals surface area contributed by atoms with Crippen LogP contribution in [0.4, 0.5) is 0 Å². The zero-order valence-corrected chi connectivity index (χ0v) is 40.3. The molecule has 3 N–H and O–H groups in total. The lowest BCUT2D eigenvalue weighted by atomic mass is 10.1. The lowest BCUT2D eigenvalue weighted by Gasteiger charge is -2.20. The van der Waals surface area contributed by atoms with Crippen molar-refractivity contribution in [3.05, 3.63) is 72.9 Å². The van der Waals surface area contributed by atoms with E-state index in [4.69, 9.17) is 24.3 Å². The minimum absolute atomic E-state index is 0.0948. The average Bonchev–Trinajstić information content (AvgIpc) is 3.25. The van der Waals surface area contributed by atoms with Gasteiger partial charge in [0.2, 0.25) is 0 Å². The predicted octanol–water partition coefficient (Wildman–Crippen LogP) is 15.5. The Morgan fingerprint density at radius 3 is 1.39 bits per heavy atom. The molecule has 0 saturated heterocycles. The van der Waals surface area contributed by atoms with Crippen molar-refractivity contribution in [2.45, 2.75) is 219 Å². The molecule has 0 saturated carbocycles. The Balaban J connectivity index is 4.01. The van der Waals surface area contributed by atoms with Crippen molar-refractivity contribution in [1.29, 1.82) is 0 Å². The Kier molecular flexibility index (Phi) is 47.3. The number of ether oxygens (including phenoxy) is 2. The lowest BCUT2D eigenvalue weighted by Crippen LogP contribution is -2.28. The molecule has 0 fully saturated rings. The summed E-state index contributed by atoms with van der Waals surface area (Å²) in [6.07, 6.45) is 62.1. The summed E-state index contributed by atoms with van der Waals surface area (Å²) >= 11 is 0. The van der Waals surface area contributed by atoms with E-state index in [0.29, 0.717) is 13.0 Å². The quantitative estimate of drug-likeness (QED) is 0.0269. The molecule has 0 heterocycles. The molecule has 0 aliphatic carbocycles. The largest absolute Gasteiger partial charge is 0.472 e. The van der Waals surface area contributed by atoms with Gasteiger partial charge in [0.25, 0.3) is 0 Å². The molecule has 2 unspecified atom stereocenters. The third-order valence-corrected chi connectivity index (χ3v) is 11.3. The van der Waals surface area contributed by atoms with E-state index in [1.807, 2.05) is 0 Å². The molecule has 0 aliphatic rings. The Bertz CT molecular complexity index is 1160. The van der Waals surface area contributed by atoms with Crippen molar-refractivity contribution in [3.63, 3.8) is 0 Å². The zero-order valence-electron chi connectivity index (χ0n) is 39.4. The van der Waals surface area contributed by atoms with Gasteiger partial charge in [-0.2, -0.15) is 0 Å². The standard InChI is InChI=1S/C52H94NO7P/c1-3-5-7-9-11-13-15-17-19-21-23-24-25-26-27-29-31-33-35-37-39-41-43-45-52(54)60-51(50-59-61(55,56)58-48-46-53)49-57-47-44-42-40-38-36-34-32-30-28-22-20-18-16-14-12-10-8-6-4-2/h5,7,11,13,17,19-20,22-24,26-27,51H,3-4,6,8-10,12,14-16,18,21,25,28-50,53H2,1-2H3,(H,55,56)/b7-5-,13-11-,19-17-,22-20-,24-23-,27-26-. The molecule has 0 rings (SSSR count). The van der Waals surface area contributed by atoms with E-state index in [2.05, 4.69) is 86.8 Å². The van der Waals surface area contributed by atoms with E-state index in [1.165, 1.54) is 116 Å². The molecule has 354 valence electrons. The summed E-state index contributed by atoms with van der Waals surface area (Å²) in [4.78, 5) is 22.6. The lowest BCUT2D eigenvalue weighted by molar-refractivity contribution is -0.154. The van der Waals surface area contributed by atoms with Crippen molar-refractivity contribution >= 4 is 13.8 Å². The number of unbranched alkanes of at least 4 members (excludes halogenated alkanes) is 22. The van der Waals surface area contributed by atoms with Crippen molar-refractivity contribution in [2.75, 3.05) is 33.0 Å². The van der Waals surface area contributed by atoms with Crippen molar-refractivity contribution < 1.29 is 32.8 Å². The maximum atomic E-state index is 12.6. The molecule has 8 nitrogen and oxygen atoms in total. The van der Waals surface area contributed by atoms with Gasteiger partial charge in [-0.3, -0.25) is 13.8 Å². The third-order valence-electron chi connectivity index (χ3n) is 10.4. The van der Waals surface area contributed by atoms with Gasteiger partial charge in [-0.15, -0.1) is 0 Å². The van der Waals surface area contributed by atoms with Crippen LogP contribution in [0.1, 0.15) is 213 Å². The van der Waals surface area contributed by atoms with Crippen LogP contribution < -0.4 is 5.73 Å². The van der Waals surface area contributed by atoms with E-state index < -0.39 is 13.9 Å². The first kappa shape index (κ1) is 58.9. The van der Waals surface area contributed by atoms with Crippen LogP contribution in [0.2, 0.25) is 0 Å². The van der Waals surface area contributed by atoms with Crippen molar-refractivity contribution in [1.82, 2.24) is 0 Å². The number of carbonyl (C=O) groups is 1. The topological polar surface area (TPSA) is 117 Å². The SMILES string of the molecule is CC/C=C\C/C=C\C/C=C\C/C=C\C/C=C\CCCCCCCCCC(=O)OC(COCCCCCCCCCC/C=C\CCCCCCCCC)COP(=O)(O)OCCN. The number of phosphoric acid groups is 1. The molecule has 0 amide bonds. The number of rotatable bonds is 47. The van der Waals surface area contributed by atoms with Gasteiger partial charge in [0.15, 0.2) is 0 Å². The Labute approximate surface area is 376 Å². The van der Waals surface area contributed by atoms with Gasteiger partial charge in [0.05, 0.1) is 19.8 Å². The highest BCUT2D eigenvalue weighted by atomic mass is 31.2. The van der Waals surface area contributed by atoms with E-state index in [0.717, 1.165) is 77.0 Å². The van der Waals surface area contributed by atoms with Crippen LogP contribution in [0, 0.1) is 0 Å². The van der Waals surface area contributed by atoms with E-state index in [-0.39, 0.29) is 32.3 Å². The van der Waals surface area contributed by atoms with Crippen LogP contribution in [0.5, 0.6) is 0 Å². The van der Waals surface area contributed by atoms with Crippen LogP contribution in [0.3, 0.4) is 0 Å². The molecule has 0 aromatic heterocycles. The maximum Gasteiger partial charge on any atom is 0.472 e. The van der Waals surface area contributed by atoms with Crippen LogP contribution >= 0.6 is 7.82 Å². The molecule has 2 atom stereocenters. The minimum atomic E-state index is -4.29. The maximum absolute atomic E-state index is 12.6. The molecule has 0 spiro atoms. The molecule has 0 aliphatic heterocycles. The summed E-state index contributed by atoms with van der Waals surface area (Å²) < 4.78 is 33.6. The molecule has 0 bridgehead atoms. The molecule has 0 radical (unpaired) electrons. The number of nitrogens with two attached hydrogens (primary N) is 1. The number of hydrogen-bond acceptors (Lipinski definition) is 7. The first-order chi connectivity index (χ1) is 29.9. The highest BCUT2D eigenvalue weighted by Crippen LogP contribution is 2.43. The van der Waals surface area contributed by atoms with Gasteiger partial charge < -0.3 is 20.1 Å². The summed E-state index contributed by atoms with van der Waals surface area (Å²) in [6, 6.07) is 0. The van der Waals surface area contributed by atoms with E-state index in [9.17, 15) is 14.3 Å². The zero-order chi connectivity index (χ0) is 44.4. The van der Waals surface area contributed by atoms with Crippen LogP contribution in [0.15, 0.2) is 72.9 Å². The first-order valence-corrected chi connectivity index (χ1v) is 26.4.